The number of aliphatic hydroxyl groups is 4. The lowest BCUT2D eigenvalue weighted by molar-refractivity contribution is -0.313. The lowest BCUT2D eigenvalue weighted by Gasteiger charge is -2.47. The third kappa shape index (κ3) is 5.35. The van der Waals surface area contributed by atoms with Gasteiger partial charge in [0.25, 0.3) is 0 Å². The Morgan fingerprint density at radius 3 is 1.97 bits per heavy atom. The molecule has 1 saturated carbocycles. The standard InChI is InChI=1S/C18H37N5O8/c19-4-6-1-2-7(20)17(28-6)30-15-8(21)3-9(22)16(14(15)27)31-18-13(26)11(23)12(25)10(5-24)29-18/h6-18,24-27H,1-5,19-23H2/t6-,7+,8-,9-,10+,11-,12+,13+,14-,15+,16-,17?,18+/m0/s1. The highest BCUT2D eigenvalue weighted by Crippen LogP contribution is 2.30. The van der Waals surface area contributed by atoms with E-state index in [0.717, 1.165) is 0 Å². The zero-order valence-electron chi connectivity index (χ0n) is 17.3. The van der Waals surface area contributed by atoms with Crippen LogP contribution >= 0.6 is 0 Å². The van der Waals surface area contributed by atoms with Crippen molar-refractivity contribution < 1.29 is 39.4 Å². The van der Waals surface area contributed by atoms with Gasteiger partial charge in [0.15, 0.2) is 12.6 Å². The van der Waals surface area contributed by atoms with Crippen LogP contribution in [0.4, 0.5) is 0 Å². The fraction of sp³-hybridized carbons (Fsp3) is 1.00. The van der Waals surface area contributed by atoms with Gasteiger partial charge in [-0.05, 0) is 19.3 Å². The van der Waals surface area contributed by atoms with E-state index in [2.05, 4.69) is 0 Å². The van der Waals surface area contributed by atoms with E-state index in [4.69, 9.17) is 47.6 Å². The highest BCUT2D eigenvalue weighted by molar-refractivity contribution is 5.00. The third-order valence-corrected chi connectivity index (χ3v) is 6.34. The van der Waals surface area contributed by atoms with Gasteiger partial charge in [0.05, 0.1) is 24.8 Å². The summed E-state index contributed by atoms with van der Waals surface area (Å²) in [5.41, 5.74) is 30.0. The summed E-state index contributed by atoms with van der Waals surface area (Å²) in [6.07, 6.45) is -7.72. The monoisotopic (exact) mass is 451 g/mol. The van der Waals surface area contributed by atoms with E-state index in [-0.39, 0.29) is 12.5 Å². The Balaban J connectivity index is 1.69. The van der Waals surface area contributed by atoms with Crippen LogP contribution in [0, 0.1) is 0 Å². The fourth-order valence-corrected chi connectivity index (χ4v) is 4.36. The molecule has 3 aliphatic rings. The van der Waals surface area contributed by atoms with Crippen LogP contribution in [-0.4, -0.2) is 113 Å². The topological polar surface area (TPSA) is 248 Å². The molecule has 0 aromatic rings. The van der Waals surface area contributed by atoms with Crippen LogP contribution in [-0.2, 0) is 18.9 Å². The Labute approximate surface area is 180 Å². The molecule has 1 unspecified atom stereocenters. The van der Waals surface area contributed by atoms with Crippen LogP contribution in [0.2, 0.25) is 0 Å². The van der Waals surface area contributed by atoms with Crippen molar-refractivity contribution in [2.75, 3.05) is 13.2 Å². The van der Waals surface area contributed by atoms with Crippen molar-refractivity contribution in [3.8, 4) is 0 Å². The highest BCUT2D eigenvalue weighted by Gasteiger charge is 2.49. The number of hydrogen-bond acceptors (Lipinski definition) is 13. The first-order valence-electron chi connectivity index (χ1n) is 10.7. The Kier molecular flexibility index (Phi) is 8.59. The van der Waals surface area contributed by atoms with Crippen LogP contribution in [0.25, 0.3) is 0 Å². The first-order chi connectivity index (χ1) is 14.7. The Hall–Kier alpha value is -0.520. The smallest absolute Gasteiger partial charge is 0.186 e. The van der Waals surface area contributed by atoms with Crippen molar-refractivity contribution in [1.82, 2.24) is 0 Å². The minimum Gasteiger partial charge on any atom is -0.394 e. The summed E-state index contributed by atoms with van der Waals surface area (Å²) in [5.74, 6) is 0. The van der Waals surface area contributed by atoms with Gasteiger partial charge in [0.1, 0.15) is 36.6 Å². The molecular formula is C18H37N5O8. The van der Waals surface area contributed by atoms with Crippen molar-refractivity contribution in [2.24, 2.45) is 28.7 Å². The maximum atomic E-state index is 11.0. The summed E-state index contributed by atoms with van der Waals surface area (Å²) in [6.45, 7) is -0.214. The van der Waals surface area contributed by atoms with E-state index in [1.807, 2.05) is 0 Å². The van der Waals surface area contributed by atoms with Crippen molar-refractivity contribution in [3.63, 3.8) is 0 Å². The molecule has 2 aliphatic heterocycles. The maximum Gasteiger partial charge on any atom is 0.186 e. The van der Waals surface area contributed by atoms with Crippen LogP contribution in [0.15, 0.2) is 0 Å². The minimum absolute atomic E-state index is 0.204. The average molecular weight is 452 g/mol. The predicted octanol–water partition coefficient (Wildman–Crippen LogP) is -5.27. The molecule has 1 aliphatic carbocycles. The first kappa shape index (κ1) is 25.1. The van der Waals surface area contributed by atoms with E-state index >= 15 is 0 Å². The van der Waals surface area contributed by atoms with Crippen molar-refractivity contribution in [1.29, 1.82) is 0 Å². The highest BCUT2D eigenvalue weighted by atomic mass is 16.7. The van der Waals surface area contributed by atoms with Crippen LogP contribution in [0.3, 0.4) is 0 Å². The molecule has 2 heterocycles. The quantitative estimate of drug-likeness (QED) is 0.183. The van der Waals surface area contributed by atoms with Crippen LogP contribution in [0.1, 0.15) is 19.3 Å². The molecule has 31 heavy (non-hydrogen) atoms. The molecule has 0 spiro atoms. The molecule has 0 radical (unpaired) electrons. The Morgan fingerprint density at radius 1 is 0.774 bits per heavy atom. The second kappa shape index (κ2) is 10.6. The molecule has 0 bridgehead atoms. The largest absolute Gasteiger partial charge is 0.394 e. The molecule has 13 nitrogen and oxygen atoms in total. The Morgan fingerprint density at radius 2 is 1.39 bits per heavy atom. The van der Waals surface area contributed by atoms with Gasteiger partial charge < -0.3 is 68.0 Å². The molecular weight excluding hydrogens is 414 g/mol. The SMILES string of the molecule is NC[C@@H]1CC[C@@H](N)C(O[C@H]2[C@H](O)[C@@H](O[C@H]3O[C@H](CO)[C@@H](O)[C@H](N)[C@H]3O)[C@@H](N)C[C@@H]2N)O1. The summed E-state index contributed by atoms with van der Waals surface area (Å²) in [5, 5.41) is 40.7. The summed E-state index contributed by atoms with van der Waals surface area (Å²) >= 11 is 0. The molecule has 14 N–H and O–H groups in total. The van der Waals surface area contributed by atoms with Crippen LogP contribution in [0.5, 0.6) is 0 Å². The summed E-state index contributed by atoms with van der Waals surface area (Å²) in [4.78, 5) is 0. The summed E-state index contributed by atoms with van der Waals surface area (Å²) in [6, 6.07) is -2.85. The number of ether oxygens (including phenoxy) is 4. The van der Waals surface area contributed by atoms with Gasteiger partial charge in [-0.2, -0.15) is 0 Å². The maximum absolute atomic E-state index is 11.0. The van der Waals surface area contributed by atoms with E-state index < -0.39 is 80.0 Å². The molecule has 3 rings (SSSR count). The zero-order chi connectivity index (χ0) is 22.9. The average Bonchev–Trinajstić information content (AvgIpc) is 2.75. The summed E-state index contributed by atoms with van der Waals surface area (Å²) < 4.78 is 23.0. The lowest BCUT2D eigenvalue weighted by atomic mass is 9.84. The van der Waals surface area contributed by atoms with Gasteiger partial charge in [-0.25, -0.2) is 0 Å². The number of nitrogens with two attached hydrogens (primary N) is 5. The molecule has 182 valence electrons. The number of hydrogen-bond donors (Lipinski definition) is 9. The predicted molar refractivity (Wildman–Crippen MR) is 107 cm³/mol. The summed E-state index contributed by atoms with van der Waals surface area (Å²) in [7, 11) is 0. The number of rotatable bonds is 6. The van der Waals surface area contributed by atoms with E-state index in [0.29, 0.717) is 19.4 Å². The second-order valence-electron chi connectivity index (χ2n) is 8.64. The van der Waals surface area contributed by atoms with Crippen molar-refractivity contribution >= 4 is 0 Å². The van der Waals surface area contributed by atoms with E-state index in [9.17, 15) is 20.4 Å². The third-order valence-electron chi connectivity index (χ3n) is 6.34. The molecule has 0 aromatic heterocycles. The fourth-order valence-electron chi connectivity index (χ4n) is 4.36. The van der Waals surface area contributed by atoms with Gasteiger partial charge in [-0.15, -0.1) is 0 Å². The number of aliphatic hydroxyl groups excluding tert-OH is 4. The molecule has 0 amide bonds. The zero-order valence-corrected chi connectivity index (χ0v) is 17.3. The van der Waals surface area contributed by atoms with Crippen molar-refractivity contribution in [2.45, 2.75) is 98.7 Å². The van der Waals surface area contributed by atoms with Gasteiger partial charge in [-0.3, -0.25) is 0 Å². The molecule has 13 atom stereocenters. The van der Waals surface area contributed by atoms with Gasteiger partial charge in [-0.1, -0.05) is 0 Å². The first-order valence-corrected chi connectivity index (χ1v) is 10.7. The van der Waals surface area contributed by atoms with E-state index in [1.54, 1.807) is 0 Å². The van der Waals surface area contributed by atoms with Gasteiger partial charge in [0.2, 0.25) is 0 Å². The molecule has 3 fully saturated rings. The molecule has 13 heteroatoms. The van der Waals surface area contributed by atoms with Crippen molar-refractivity contribution in [3.05, 3.63) is 0 Å². The van der Waals surface area contributed by atoms with Gasteiger partial charge in [0, 0.05) is 18.6 Å². The normalized spacial score (nSPS) is 51.6. The Bertz CT molecular complexity index is 577. The van der Waals surface area contributed by atoms with E-state index in [1.165, 1.54) is 0 Å². The minimum atomic E-state index is -1.41. The molecule has 0 aromatic carbocycles. The molecule has 2 saturated heterocycles. The van der Waals surface area contributed by atoms with Gasteiger partial charge >= 0.3 is 0 Å². The van der Waals surface area contributed by atoms with Crippen LogP contribution < -0.4 is 28.7 Å². The lowest BCUT2D eigenvalue weighted by Crippen LogP contribution is -2.68. The second-order valence-corrected chi connectivity index (χ2v) is 8.64.